The Morgan fingerprint density at radius 1 is 1.05 bits per heavy atom. The van der Waals surface area contributed by atoms with E-state index in [1.165, 1.54) is 25.1 Å². The van der Waals surface area contributed by atoms with Gasteiger partial charge >= 0.3 is 10.1 Å². The highest BCUT2D eigenvalue weighted by Crippen LogP contribution is 2.23. The van der Waals surface area contributed by atoms with Gasteiger partial charge in [-0.05, 0) is 44.5 Å². The highest BCUT2D eigenvalue weighted by atomic mass is 32.2. The molecule has 0 saturated heterocycles. The van der Waals surface area contributed by atoms with Crippen LogP contribution in [0.15, 0.2) is 47.4 Å². The van der Waals surface area contributed by atoms with Gasteiger partial charge in [-0.15, -0.1) is 0 Å². The molecule has 5 heteroatoms. The van der Waals surface area contributed by atoms with Gasteiger partial charge in [0.05, 0.1) is 0 Å². The second-order valence-corrected chi connectivity index (χ2v) is 6.41. The molecular weight excluding hydrogens is 288 g/mol. The molecule has 0 fully saturated rings. The molecule has 0 heterocycles. The topological polar surface area (TPSA) is 60.4 Å². The van der Waals surface area contributed by atoms with Gasteiger partial charge in [-0.1, -0.05) is 29.8 Å². The molecule has 2 aromatic rings. The molecule has 110 valence electrons. The van der Waals surface area contributed by atoms with E-state index in [9.17, 15) is 13.2 Å². The number of carbonyl (C=O) groups is 1. The van der Waals surface area contributed by atoms with Gasteiger partial charge in [0.15, 0.2) is 5.78 Å². The van der Waals surface area contributed by atoms with E-state index in [1.54, 1.807) is 31.2 Å². The van der Waals surface area contributed by atoms with Gasteiger partial charge in [0.1, 0.15) is 10.6 Å². The van der Waals surface area contributed by atoms with E-state index in [0.717, 1.165) is 5.56 Å². The average Bonchev–Trinajstić information content (AvgIpc) is 2.37. The van der Waals surface area contributed by atoms with E-state index in [2.05, 4.69) is 0 Å². The van der Waals surface area contributed by atoms with Crippen LogP contribution >= 0.6 is 0 Å². The first-order valence-corrected chi connectivity index (χ1v) is 7.83. The van der Waals surface area contributed by atoms with Crippen molar-refractivity contribution in [3.8, 4) is 5.75 Å². The van der Waals surface area contributed by atoms with Crippen LogP contribution in [0, 0.1) is 13.8 Å². The molecule has 0 atom stereocenters. The molecule has 0 aliphatic carbocycles. The Morgan fingerprint density at radius 2 is 1.76 bits per heavy atom. The van der Waals surface area contributed by atoms with Crippen LogP contribution in [0.5, 0.6) is 5.75 Å². The van der Waals surface area contributed by atoms with Crippen molar-refractivity contribution in [1.29, 1.82) is 0 Å². The Balaban J connectivity index is 2.37. The van der Waals surface area contributed by atoms with Gasteiger partial charge in [0.2, 0.25) is 0 Å². The fourth-order valence-electron chi connectivity index (χ4n) is 2.02. The lowest BCUT2D eigenvalue weighted by Crippen LogP contribution is -2.11. The van der Waals surface area contributed by atoms with Crippen LogP contribution in [0.1, 0.15) is 28.4 Å². The normalized spacial score (nSPS) is 11.2. The summed E-state index contributed by atoms with van der Waals surface area (Å²) >= 11 is 0. The molecule has 0 aromatic heterocycles. The smallest absolute Gasteiger partial charge is 0.339 e. The van der Waals surface area contributed by atoms with Crippen LogP contribution in [-0.4, -0.2) is 14.2 Å². The molecule has 21 heavy (non-hydrogen) atoms. The molecule has 2 rings (SSSR count). The van der Waals surface area contributed by atoms with E-state index in [-0.39, 0.29) is 16.4 Å². The Bertz CT molecular complexity index is 792. The number of benzene rings is 2. The van der Waals surface area contributed by atoms with Crippen LogP contribution in [0.4, 0.5) is 0 Å². The van der Waals surface area contributed by atoms with Crippen molar-refractivity contribution < 1.29 is 17.4 Å². The van der Waals surface area contributed by atoms with Crippen molar-refractivity contribution in [3.05, 3.63) is 59.2 Å². The Morgan fingerprint density at radius 3 is 2.38 bits per heavy atom. The highest BCUT2D eigenvalue weighted by molar-refractivity contribution is 7.87. The van der Waals surface area contributed by atoms with Gasteiger partial charge in [0, 0.05) is 5.56 Å². The van der Waals surface area contributed by atoms with E-state index < -0.39 is 10.1 Å². The molecule has 2 aromatic carbocycles. The number of carbonyl (C=O) groups excluding carboxylic acids is 1. The number of rotatable bonds is 4. The molecule has 0 spiro atoms. The first kappa shape index (κ1) is 15.3. The second kappa shape index (κ2) is 5.69. The Labute approximate surface area is 124 Å². The molecule has 0 aliphatic rings. The molecule has 0 bridgehead atoms. The van der Waals surface area contributed by atoms with E-state index >= 15 is 0 Å². The summed E-state index contributed by atoms with van der Waals surface area (Å²) in [6.45, 7) is 5.02. The SMILES string of the molecule is CC(=O)c1cccc(OS(=O)(=O)c2ccc(C)cc2C)c1. The van der Waals surface area contributed by atoms with Crippen LogP contribution in [0.3, 0.4) is 0 Å². The van der Waals surface area contributed by atoms with Crippen molar-refractivity contribution >= 4 is 15.9 Å². The van der Waals surface area contributed by atoms with Crippen molar-refractivity contribution in [3.63, 3.8) is 0 Å². The van der Waals surface area contributed by atoms with Crippen molar-refractivity contribution in [2.24, 2.45) is 0 Å². The summed E-state index contributed by atoms with van der Waals surface area (Å²) < 4.78 is 29.7. The molecule has 0 saturated carbocycles. The summed E-state index contributed by atoms with van der Waals surface area (Å²) in [5.41, 5.74) is 2.01. The lowest BCUT2D eigenvalue weighted by molar-refractivity contribution is 0.101. The van der Waals surface area contributed by atoms with E-state index in [4.69, 9.17) is 4.18 Å². The van der Waals surface area contributed by atoms with Crippen molar-refractivity contribution in [2.75, 3.05) is 0 Å². The standard InChI is InChI=1S/C16H16O4S/c1-11-7-8-16(12(2)9-11)21(18,19)20-15-6-4-5-14(10-15)13(3)17/h4-10H,1-3H3. The van der Waals surface area contributed by atoms with Gasteiger partial charge in [-0.3, -0.25) is 4.79 Å². The third-order valence-corrected chi connectivity index (χ3v) is 4.45. The summed E-state index contributed by atoms with van der Waals surface area (Å²) in [7, 11) is -3.91. The van der Waals surface area contributed by atoms with Crippen molar-refractivity contribution in [1.82, 2.24) is 0 Å². The maximum Gasteiger partial charge on any atom is 0.339 e. The number of hydrogen-bond acceptors (Lipinski definition) is 4. The van der Waals surface area contributed by atoms with E-state index in [1.807, 2.05) is 6.92 Å². The van der Waals surface area contributed by atoms with Crippen LogP contribution < -0.4 is 4.18 Å². The van der Waals surface area contributed by atoms with Gasteiger partial charge in [0.25, 0.3) is 0 Å². The minimum Gasteiger partial charge on any atom is -0.379 e. The second-order valence-electron chi connectivity index (χ2n) is 4.89. The number of aryl methyl sites for hydroxylation is 2. The summed E-state index contributed by atoms with van der Waals surface area (Å²) in [5, 5.41) is 0. The number of hydrogen-bond donors (Lipinski definition) is 0. The summed E-state index contributed by atoms with van der Waals surface area (Å²) in [6.07, 6.45) is 0. The average molecular weight is 304 g/mol. The fourth-order valence-corrected chi connectivity index (χ4v) is 3.15. The van der Waals surface area contributed by atoms with Gasteiger partial charge in [-0.25, -0.2) is 0 Å². The maximum atomic E-state index is 12.3. The molecule has 0 unspecified atom stereocenters. The molecule has 4 nitrogen and oxygen atoms in total. The fraction of sp³-hybridized carbons (Fsp3) is 0.188. The van der Waals surface area contributed by atoms with Crippen LogP contribution in [-0.2, 0) is 10.1 Å². The van der Waals surface area contributed by atoms with Crippen molar-refractivity contribution in [2.45, 2.75) is 25.7 Å². The molecule has 0 aliphatic heterocycles. The molecule has 0 radical (unpaired) electrons. The lowest BCUT2D eigenvalue weighted by Gasteiger charge is -2.10. The minimum atomic E-state index is -3.91. The predicted octanol–water partition coefficient (Wildman–Crippen LogP) is 3.27. The maximum absolute atomic E-state index is 12.3. The monoisotopic (exact) mass is 304 g/mol. The minimum absolute atomic E-state index is 0.126. The number of ketones is 1. The predicted molar refractivity (Wildman–Crippen MR) is 80.2 cm³/mol. The Hall–Kier alpha value is -2.14. The van der Waals surface area contributed by atoms with Crippen LogP contribution in [0.25, 0.3) is 0 Å². The van der Waals surface area contributed by atoms with Gasteiger partial charge < -0.3 is 4.18 Å². The molecule has 0 N–H and O–H groups in total. The molecule has 0 amide bonds. The summed E-state index contributed by atoms with van der Waals surface area (Å²) in [4.78, 5) is 11.4. The lowest BCUT2D eigenvalue weighted by atomic mass is 10.1. The molecular formula is C16H16O4S. The largest absolute Gasteiger partial charge is 0.379 e. The first-order valence-electron chi connectivity index (χ1n) is 6.42. The van der Waals surface area contributed by atoms with Gasteiger partial charge in [-0.2, -0.15) is 8.42 Å². The summed E-state index contributed by atoms with van der Waals surface area (Å²) in [6, 6.07) is 11.1. The zero-order valence-electron chi connectivity index (χ0n) is 12.1. The zero-order valence-corrected chi connectivity index (χ0v) is 12.9. The Kier molecular flexibility index (Phi) is 4.14. The number of Topliss-reactive ketones (excluding diaryl/α,β-unsaturated/α-hetero) is 1. The van der Waals surface area contributed by atoms with E-state index in [0.29, 0.717) is 11.1 Å². The van der Waals surface area contributed by atoms with Crippen LogP contribution in [0.2, 0.25) is 0 Å². The zero-order chi connectivity index (χ0) is 15.6. The highest BCUT2D eigenvalue weighted by Gasteiger charge is 2.19. The third kappa shape index (κ3) is 3.49. The first-order chi connectivity index (χ1) is 9.79. The summed E-state index contributed by atoms with van der Waals surface area (Å²) in [5.74, 6) is -0.0213. The quantitative estimate of drug-likeness (QED) is 0.642. The third-order valence-electron chi connectivity index (χ3n) is 3.05.